The van der Waals surface area contributed by atoms with Crippen molar-refractivity contribution < 1.29 is 18.3 Å². The van der Waals surface area contributed by atoms with Crippen LogP contribution in [0.1, 0.15) is 33.6 Å². The van der Waals surface area contributed by atoms with Gasteiger partial charge in [0.2, 0.25) is 0 Å². The van der Waals surface area contributed by atoms with Gasteiger partial charge >= 0.3 is 5.97 Å². The van der Waals surface area contributed by atoms with Gasteiger partial charge in [0.15, 0.2) is 0 Å². The summed E-state index contributed by atoms with van der Waals surface area (Å²) in [7, 11) is 0. The number of ether oxygens (including phenoxy) is 1. The number of alkyl halides is 2. The molecule has 0 N–H and O–H groups in total. The van der Waals surface area contributed by atoms with Gasteiger partial charge in [-0.2, -0.15) is 0 Å². The first kappa shape index (κ1) is 14.8. The topological polar surface area (TPSA) is 26.3 Å². The highest BCUT2D eigenvalue weighted by molar-refractivity contribution is 5.82. The monoisotopic (exact) mass is 232 g/mol. The van der Waals surface area contributed by atoms with Crippen molar-refractivity contribution in [3.8, 4) is 0 Å². The molecule has 0 spiro atoms. The fourth-order valence-electron chi connectivity index (χ4n) is 1.11. The van der Waals surface area contributed by atoms with E-state index in [4.69, 9.17) is 0 Å². The molecule has 0 bridgehead atoms. The van der Waals surface area contributed by atoms with Crippen molar-refractivity contribution in [3.05, 3.63) is 23.3 Å². The van der Waals surface area contributed by atoms with Crippen molar-refractivity contribution in [2.75, 3.05) is 6.61 Å². The van der Waals surface area contributed by atoms with Crippen molar-refractivity contribution in [1.29, 1.82) is 0 Å². The average Bonchev–Trinajstić information content (AvgIpc) is 2.15. The van der Waals surface area contributed by atoms with E-state index in [1.807, 2.05) is 19.9 Å². The average molecular weight is 232 g/mol. The fraction of sp³-hybridized carbons (Fsp3) is 0.583. The molecule has 16 heavy (non-hydrogen) atoms. The number of carbonyl (C=O) groups is 1. The highest BCUT2D eigenvalue weighted by atomic mass is 19.3. The van der Waals surface area contributed by atoms with Crippen LogP contribution in [0.4, 0.5) is 8.78 Å². The molecule has 0 aromatic heterocycles. The van der Waals surface area contributed by atoms with E-state index in [1.54, 1.807) is 6.92 Å². The zero-order valence-corrected chi connectivity index (χ0v) is 9.93. The smallest absolute Gasteiger partial charge is 0.330 e. The van der Waals surface area contributed by atoms with Crippen LogP contribution < -0.4 is 0 Å². The largest absolute Gasteiger partial charge is 0.463 e. The van der Waals surface area contributed by atoms with Crippen LogP contribution in [0.5, 0.6) is 0 Å². The molecule has 0 saturated carbocycles. The molecule has 0 amide bonds. The van der Waals surface area contributed by atoms with Gasteiger partial charge in [-0.15, -0.1) is 0 Å². The Morgan fingerprint density at radius 3 is 2.44 bits per heavy atom. The van der Waals surface area contributed by atoms with Gasteiger partial charge in [0.25, 0.3) is 6.43 Å². The second-order valence-electron chi connectivity index (χ2n) is 3.59. The fourth-order valence-corrected chi connectivity index (χ4v) is 1.11. The van der Waals surface area contributed by atoms with Gasteiger partial charge < -0.3 is 4.74 Å². The normalized spacial score (nSPS) is 11.5. The first-order valence-electron chi connectivity index (χ1n) is 5.26. The van der Waals surface area contributed by atoms with Crippen LogP contribution >= 0.6 is 0 Å². The summed E-state index contributed by atoms with van der Waals surface area (Å²) in [5.74, 6) is -0.699. The van der Waals surface area contributed by atoms with E-state index in [2.05, 4.69) is 4.74 Å². The van der Waals surface area contributed by atoms with Crippen LogP contribution in [0.2, 0.25) is 0 Å². The summed E-state index contributed by atoms with van der Waals surface area (Å²) in [6.07, 6.45) is 0.850. The lowest BCUT2D eigenvalue weighted by atomic mass is 10.1. The van der Waals surface area contributed by atoms with E-state index >= 15 is 0 Å². The molecule has 0 fully saturated rings. The summed E-state index contributed by atoms with van der Waals surface area (Å²) in [5.41, 5.74) is 0.903. The number of esters is 1. The lowest BCUT2D eigenvalue weighted by Crippen LogP contribution is -2.05. The van der Waals surface area contributed by atoms with Gasteiger partial charge in [0.1, 0.15) is 0 Å². The SMILES string of the molecule is CCOC(=O)/C=C(/CCC=C(C)C)C(F)F. The van der Waals surface area contributed by atoms with Gasteiger partial charge in [0, 0.05) is 11.6 Å². The second-order valence-corrected chi connectivity index (χ2v) is 3.59. The van der Waals surface area contributed by atoms with E-state index in [0.29, 0.717) is 6.42 Å². The Hall–Kier alpha value is -1.19. The summed E-state index contributed by atoms with van der Waals surface area (Å²) in [5, 5.41) is 0. The molecular weight excluding hydrogens is 214 g/mol. The molecule has 0 saturated heterocycles. The summed E-state index contributed by atoms with van der Waals surface area (Å²) in [6.45, 7) is 5.63. The van der Waals surface area contributed by atoms with Crippen LogP contribution in [-0.4, -0.2) is 19.0 Å². The Kier molecular flexibility index (Phi) is 7.42. The molecule has 0 atom stereocenters. The summed E-state index contributed by atoms with van der Waals surface area (Å²) in [4.78, 5) is 11.0. The Balaban J connectivity index is 4.38. The number of hydrogen-bond donors (Lipinski definition) is 0. The summed E-state index contributed by atoms with van der Waals surface area (Å²) >= 11 is 0. The molecule has 0 unspecified atom stereocenters. The van der Waals surface area contributed by atoms with Crippen LogP contribution in [0.25, 0.3) is 0 Å². The number of carbonyl (C=O) groups excluding carboxylic acids is 1. The highest BCUT2D eigenvalue weighted by Gasteiger charge is 2.12. The van der Waals surface area contributed by atoms with Crippen molar-refractivity contribution >= 4 is 5.97 Å². The standard InChI is InChI=1S/C12H18F2O2/c1-4-16-11(15)8-10(12(13)14)7-5-6-9(2)3/h6,8,12H,4-5,7H2,1-3H3/b10-8-. The molecule has 2 nitrogen and oxygen atoms in total. The summed E-state index contributed by atoms with van der Waals surface area (Å²) in [6, 6.07) is 0. The molecule has 0 aliphatic carbocycles. The van der Waals surface area contributed by atoms with E-state index in [1.165, 1.54) is 0 Å². The molecule has 0 aliphatic rings. The minimum absolute atomic E-state index is 0.170. The molecule has 0 radical (unpaired) electrons. The molecule has 0 aromatic carbocycles. The lowest BCUT2D eigenvalue weighted by Gasteiger charge is -2.04. The minimum atomic E-state index is -2.60. The maximum atomic E-state index is 12.5. The molecule has 0 aliphatic heterocycles. The third kappa shape index (κ3) is 7.15. The van der Waals surface area contributed by atoms with Crippen molar-refractivity contribution in [2.45, 2.75) is 40.0 Å². The van der Waals surface area contributed by atoms with Gasteiger partial charge in [-0.25, -0.2) is 13.6 Å². The van der Waals surface area contributed by atoms with Crippen LogP contribution in [0.15, 0.2) is 23.3 Å². The van der Waals surface area contributed by atoms with E-state index in [0.717, 1.165) is 11.6 Å². The molecule has 0 aromatic rings. The predicted octanol–water partition coefficient (Wildman–Crippen LogP) is 3.49. The van der Waals surface area contributed by atoms with Gasteiger partial charge in [-0.1, -0.05) is 11.6 Å². The third-order valence-corrected chi connectivity index (χ3v) is 1.86. The van der Waals surface area contributed by atoms with Crippen molar-refractivity contribution in [3.63, 3.8) is 0 Å². The molecule has 0 heterocycles. The summed E-state index contributed by atoms with van der Waals surface area (Å²) < 4.78 is 29.6. The Morgan fingerprint density at radius 1 is 1.38 bits per heavy atom. The molecule has 4 heteroatoms. The van der Waals surface area contributed by atoms with Crippen molar-refractivity contribution in [1.82, 2.24) is 0 Å². The Bertz CT molecular complexity index is 277. The number of allylic oxidation sites excluding steroid dienone is 3. The Labute approximate surface area is 95.0 Å². The first-order chi connectivity index (χ1) is 7.47. The van der Waals surface area contributed by atoms with Crippen LogP contribution in [-0.2, 0) is 9.53 Å². The predicted molar refractivity (Wildman–Crippen MR) is 59.4 cm³/mol. The first-order valence-corrected chi connectivity index (χ1v) is 5.26. The maximum Gasteiger partial charge on any atom is 0.330 e. The zero-order valence-electron chi connectivity index (χ0n) is 9.93. The van der Waals surface area contributed by atoms with Gasteiger partial charge in [-0.3, -0.25) is 0 Å². The van der Waals surface area contributed by atoms with Gasteiger partial charge in [-0.05, 0) is 33.6 Å². The molecule has 0 rings (SSSR count). The number of rotatable bonds is 6. The van der Waals surface area contributed by atoms with Gasteiger partial charge in [0.05, 0.1) is 6.61 Å². The van der Waals surface area contributed by atoms with Crippen LogP contribution in [0.3, 0.4) is 0 Å². The van der Waals surface area contributed by atoms with Crippen LogP contribution in [0, 0.1) is 0 Å². The quantitative estimate of drug-likeness (QED) is 0.398. The number of halogens is 2. The highest BCUT2D eigenvalue weighted by Crippen LogP contribution is 2.16. The van der Waals surface area contributed by atoms with E-state index < -0.39 is 12.4 Å². The van der Waals surface area contributed by atoms with E-state index in [-0.39, 0.29) is 18.6 Å². The Morgan fingerprint density at radius 2 is 2.00 bits per heavy atom. The third-order valence-electron chi connectivity index (χ3n) is 1.86. The lowest BCUT2D eigenvalue weighted by molar-refractivity contribution is -0.137. The maximum absolute atomic E-state index is 12.5. The second kappa shape index (κ2) is 8.02. The van der Waals surface area contributed by atoms with Crippen molar-refractivity contribution in [2.24, 2.45) is 0 Å². The number of hydrogen-bond acceptors (Lipinski definition) is 2. The zero-order chi connectivity index (χ0) is 12.6. The molecule has 92 valence electrons. The van der Waals surface area contributed by atoms with E-state index in [9.17, 15) is 13.6 Å². The molecular formula is C12H18F2O2. The minimum Gasteiger partial charge on any atom is -0.463 e.